The lowest BCUT2D eigenvalue weighted by atomic mass is 9.82. The molecule has 1 aliphatic carbocycles. The topological polar surface area (TPSA) is 69.6 Å². The van der Waals surface area contributed by atoms with Crippen LogP contribution in [0.2, 0.25) is 0 Å². The average Bonchev–Trinajstić information content (AvgIpc) is 2.47. The summed E-state index contributed by atoms with van der Waals surface area (Å²) >= 11 is 0. The summed E-state index contributed by atoms with van der Waals surface area (Å²) in [6, 6.07) is 0. The fraction of sp³-hybridized carbons (Fsp3) is 0.625. The zero-order valence-corrected chi connectivity index (χ0v) is 12.6. The summed E-state index contributed by atoms with van der Waals surface area (Å²) in [7, 11) is 0. The second kappa shape index (κ2) is 9.34. The van der Waals surface area contributed by atoms with E-state index < -0.39 is 5.97 Å². The summed E-state index contributed by atoms with van der Waals surface area (Å²) in [5.74, 6) is -0.352. The first-order chi connectivity index (χ1) is 10.1. The maximum absolute atomic E-state index is 12.0. The normalized spacial score (nSPS) is 21.5. The zero-order chi connectivity index (χ0) is 15.7. The van der Waals surface area contributed by atoms with Crippen LogP contribution in [0.25, 0.3) is 0 Å². The predicted molar refractivity (Wildman–Crippen MR) is 82.9 cm³/mol. The largest absolute Gasteiger partial charge is 0.481 e. The van der Waals surface area contributed by atoms with Crippen molar-refractivity contribution in [1.82, 2.24) is 10.2 Å². The SMILES string of the molecule is C=CCN(CC=C)C(=O)CNCC1CCC(C(=O)O)CC1. The summed E-state index contributed by atoms with van der Waals surface area (Å²) in [5.41, 5.74) is 0. The Balaban J connectivity index is 2.24. The summed E-state index contributed by atoms with van der Waals surface area (Å²) in [4.78, 5) is 24.6. The Labute approximate surface area is 126 Å². The first kappa shape index (κ1) is 17.4. The third-order valence-electron chi connectivity index (χ3n) is 3.96. The molecule has 0 aromatic heterocycles. The van der Waals surface area contributed by atoms with Crippen LogP contribution in [0.15, 0.2) is 25.3 Å². The Hall–Kier alpha value is -1.62. The quantitative estimate of drug-likeness (QED) is 0.635. The minimum Gasteiger partial charge on any atom is -0.481 e. The number of aliphatic carboxylic acids is 1. The van der Waals surface area contributed by atoms with Gasteiger partial charge in [-0.15, -0.1) is 13.2 Å². The maximum atomic E-state index is 12.0. The highest BCUT2D eigenvalue weighted by atomic mass is 16.4. The van der Waals surface area contributed by atoms with Gasteiger partial charge in [-0.2, -0.15) is 0 Å². The van der Waals surface area contributed by atoms with Gasteiger partial charge < -0.3 is 15.3 Å². The molecule has 0 radical (unpaired) electrons. The van der Waals surface area contributed by atoms with Gasteiger partial charge in [0, 0.05) is 13.1 Å². The van der Waals surface area contributed by atoms with E-state index in [4.69, 9.17) is 5.11 Å². The molecule has 0 atom stereocenters. The smallest absolute Gasteiger partial charge is 0.306 e. The molecule has 0 aliphatic heterocycles. The minimum absolute atomic E-state index is 0.0361. The third-order valence-corrected chi connectivity index (χ3v) is 3.96. The number of nitrogens with one attached hydrogen (secondary N) is 1. The summed E-state index contributed by atoms with van der Waals surface area (Å²) in [6.07, 6.45) is 6.73. The molecule has 0 aromatic carbocycles. The Kier molecular flexibility index (Phi) is 7.75. The van der Waals surface area contributed by atoms with Crippen molar-refractivity contribution in [3.63, 3.8) is 0 Å². The number of amides is 1. The number of hydrogen-bond acceptors (Lipinski definition) is 3. The third kappa shape index (κ3) is 6.12. The molecule has 0 unspecified atom stereocenters. The number of carbonyl (C=O) groups is 2. The molecule has 0 spiro atoms. The molecule has 0 saturated heterocycles. The van der Waals surface area contributed by atoms with E-state index in [1.165, 1.54) is 0 Å². The van der Waals surface area contributed by atoms with Crippen LogP contribution in [-0.2, 0) is 9.59 Å². The van der Waals surface area contributed by atoms with Crippen LogP contribution >= 0.6 is 0 Å². The number of carbonyl (C=O) groups excluding carboxylic acids is 1. The van der Waals surface area contributed by atoms with E-state index in [-0.39, 0.29) is 11.8 Å². The number of carboxylic acids is 1. The summed E-state index contributed by atoms with van der Waals surface area (Å²) in [5, 5.41) is 12.1. The lowest BCUT2D eigenvalue weighted by molar-refractivity contribution is -0.143. The summed E-state index contributed by atoms with van der Waals surface area (Å²) in [6.45, 7) is 9.41. The first-order valence-electron chi connectivity index (χ1n) is 7.51. The van der Waals surface area contributed by atoms with Gasteiger partial charge in [0.2, 0.25) is 5.91 Å². The van der Waals surface area contributed by atoms with E-state index in [0.29, 0.717) is 25.6 Å². The van der Waals surface area contributed by atoms with Crippen LogP contribution < -0.4 is 5.32 Å². The number of hydrogen-bond donors (Lipinski definition) is 2. The van der Waals surface area contributed by atoms with Crippen LogP contribution in [0.1, 0.15) is 25.7 Å². The second-order valence-corrected chi connectivity index (χ2v) is 5.56. The van der Waals surface area contributed by atoms with Crippen molar-refractivity contribution in [3.8, 4) is 0 Å². The lowest BCUT2D eigenvalue weighted by Gasteiger charge is -2.26. The van der Waals surface area contributed by atoms with Crippen molar-refractivity contribution >= 4 is 11.9 Å². The molecule has 1 aliphatic rings. The molecular weight excluding hydrogens is 268 g/mol. The molecule has 1 saturated carbocycles. The monoisotopic (exact) mass is 294 g/mol. The van der Waals surface area contributed by atoms with Gasteiger partial charge in [0.15, 0.2) is 0 Å². The maximum Gasteiger partial charge on any atom is 0.306 e. The fourth-order valence-corrected chi connectivity index (χ4v) is 2.70. The van der Waals surface area contributed by atoms with Crippen molar-refractivity contribution in [1.29, 1.82) is 0 Å². The molecule has 5 nitrogen and oxygen atoms in total. The standard InChI is InChI=1S/C16H26N2O3/c1-3-9-18(10-4-2)15(19)12-17-11-13-5-7-14(8-6-13)16(20)21/h3-4,13-14,17H,1-2,5-12H2,(H,20,21). The highest BCUT2D eigenvalue weighted by Crippen LogP contribution is 2.28. The van der Waals surface area contributed by atoms with Gasteiger partial charge in [0.25, 0.3) is 0 Å². The van der Waals surface area contributed by atoms with Gasteiger partial charge in [-0.25, -0.2) is 0 Å². The number of rotatable bonds is 9. The van der Waals surface area contributed by atoms with Gasteiger partial charge in [-0.05, 0) is 38.1 Å². The van der Waals surface area contributed by atoms with Crippen molar-refractivity contribution in [2.75, 3.05) is 26.2 Å². The highest BCUT2D eigenvalue weighted by Gasteiger charge is 2.25. The van der Waals surface area contributed by atoms with Crippen LogP contribution in [-0.4, -0.2) is 48.1 Å². The van der Waals surface area contributed by atoms with Crippen LogP contribution in [0.5, 0.6) is 0 Å². The molecule has 1 fully saturated rings. The Morgan fingerprint density at radius 3 is 2.19 bits per heavy atom. The van der Waals surface area contributed by atoms with Crippen molar-refractivity contribution in [3.05, 3.63) is 25.3 Å². The second-order valence-electron chi connectivity index (χ2n) is 5.56. The van der Waals surface area contributed by atoms with E-state index >= 15 is 0 Å². The average molecular weight is 294 g/mol. The van der Waals surface area contributed by atoms with E-state index in [1.54, 1.807) is 17.1 Å². The van der Waals surface area contributed by atoms with Gasteiger partial charge in [0.1, 0.15) is 0 Å². The molecule has 118 valence electrons. The molecule has 5 heteroatoms. The molecule has 0 bridgehead atoms. The molecule has 1 rings (SSSR count). The van der Waals surface area contributed by atoms with Crippen molar-refractivity contribution in [2.24, 2.45) is 11.8 Å². The lowest BCUT2D eigenvalue weighted by Crippen LogP contribution is -2.40. The number of carboxylic acid groups (broad SMARTS) is 1. The van der Waals surface area contributed by atoms with Crippen LogP contribution in [0, 0.1) is 11.8 Å². The molecule has 21 heavy (non-hydrogen) atoms. The Morgan fingerprint density at radius 2 is 1.71 bits per heavy atom. The first-order valence-corrected chi connectivity index (χ1v) is 7.51. The molecule has 0 heterocycles. The van der Waals surface area contributed by atoms with Crippen LogP contribution in [0.4, 0.5) is 0 Å². The van der Waals surface area contributed by atoms with E-state index in [0.717, 1.165) is 32.2 Å². The van der Waals surface area contributed by atoms with Gasteiger partial charge in [0.05, 0.1) is 12.5 Å². The van der Waals surface area contributed by atoms with Crippen molar-refractivity contribution < 1.29 is 14.7 Å². The minimum atomic E-state index is -0.680. The molecule has 1 amide bonds. The van der Waals surface area contributed by atoms with Crippen LogP contribution in [0.3, 0.4) is 0 Å². The van der Waals surface area contributed by atoms with E-state index in [1.807, 2.05) is 0 Å². The molecule has 0 aromatic rings. The van der Waals surface area contributed by atoms with Gasteiger partial charge in [-0.1, -0.05) is 12.2 Å². The Morgan fingerprint density at radius 1 is 1.14 bits per heavy atom. The van der Waals surface area contributed by atoms with Gasteiger partial charge in [-0.3, -0.25) is 9.59 Å². The van der Waals surface area contributed by atoms with E-state index in [2.05, 4.69) is 18.5 Å². The Bertz CT molecular complexity index is 364. The fourth-order valence-electron chi connectivity index (χ4n) is 2.70. The zero-order valence-electron chi connectivity index (χ0n) is 12.6. The molecular formula is C16H26N2O3. The van der Waals surface area contributed by atoms with E-state index in [9.17, 15) is 9.59 Å². The summed E-state index contributed by atoms with van der Waals surface area (Å²) < 4.78 is 0. The predicted octanol–water partition coefficient (Wildman–Crippen LogP) is 1.67. The highest BCUT2D eigenvalue weighted by molar-refractivity contribution is 5.78. The molecule has 2 N–H and O–H groups in total. The van der Waals surface area contributed by atoms with Gasteiger partial charge >= 0.3 is 5.97 Å². The number of nitrogens with zero attached hydrogens (tertiary/aromatic N) is 1. The van der Waals surface area contributed by atoms with Crippen molar-refractivity contribution in [2.45, 2.75) is 25.7 Å².